The summed E-state index contributed by atoms with van der Waals surface area (Å²) in [6.45, 7) is 5.10. The molecular formula is C22H27N4O2S+. The van der Waals surface area contributed by atoms with Gasteiger partial charge in [0.05, 0.1) is 0 Å². The van der Waals surface area contributed by atoms with Gasteiger partial charge in [-0.05, 0) is 61.4 Å². The van der Waals surface area contributed by atoms with Gasteiger partial charge in [0.15, 0.2) is 0 Å². The molecule has 1 aliphatic rings. The van der Waals surface area contributed by atoms with Crippen molar-refractivity contribution in [2.45, 2.75) is 31.4 Å². The molecule has 1 fully saturated rings. The van der Waals surface area contributed by atoms with Crippen molar-refractivity contribution in [3.05, 3.63) is 59.2 Å². The Labute approximate surface area is 175 Å². The molecule has 0 radical (unpaired) electrons. The molecule has 29 heavy (non-hydrogen) atoms. The van der Waals surface area contributed by atoms with Crippen LogP contribution in [0.4, 0.5) is 5.69 Å². The van der Waals surface area contributed by atoms with E-state index >= 15 is 0 Å². The van der Waals surface area contributed by atoms with E-state index in [1.807, 2.05) is 20.2 Å². The molecule has 2 heterocycles. The van der Waals surface area contributed by atoms with E-state index in [9.17, 15) is 0 Å². The molecule has 152 valence electrons. The van der Waals surface area contributed by atoms with Gasteiger partial charge in [-0.25, -0.2) is 0 Å². The van der Waals surface area contributed by atoms with Gasteiger partial charge in [0.25, 0.3) is 5.22 Å². The number of quaternary nitrogens is 1. The van der Waals surface area contributed by atoms with Crippen LogP contribution in [-0.4, -0.2) is 42.7 Å². The highest BCUT2D eigenvalue weighted by molar-refractivity contribution is 7.99. The predicted molar refractivity (Wildman–Crippen MR) is 115 cm³/mol. The van der Waals surface area contributed by atoms with Gasteiger partial charge in [-0.15, -0.1) is 10.2 Å². The Morgan fingerprint density at radius 2 is 1.86 bits per heavy atom. The van der Waals surface area contributed by atoms with Crippen LogP contribution in [0.15, 0.2) is 52.1 Å². The number of hydrogen-bond donors (Lipinski definition) is 1. The second-order valence-electron chi connectivity index (χ2n) is 7.62. The molecule has 1 saturated heterocycles. The number of rotatable bonds is 6. The maximum absolute atomic E-state index is 6.21. The fourth-order valence-electron chi connectivity index (χ4n) is 3.30. The molecule has 2 aromatic carbocycles. The van der Waals surface area contributed by atoms with Crippen molar-refractivity contribution in [3.8, 4) is 11.5 Å². The van der Waals surface area contributed by atoms with Crippen LogP contribution in [0.3, 0.4) is 0 Å². The van der Waals surface area contributed by atoms with Gasteiger partial charge in [-0.1, -0.05) is 17.8 Å². The highest BCUT2D eigenvalue weighted by Crippen LogP contribution is 2.27. The van der Waals surface area contributed by atoms with Crippen molar-refractivity contribution < 1.29 is 14.5 Å². The van der Waals surface area contributed by atoms with Crippen LogP contribution in [0, 0.1) is 13.8 Å². The molecule has 7 heteroatoms. The van der Waals surface area contributed by atoms with Gasteiger partial charge in [0.2, 0.25) is 12.1 Å². The first-order valence-corrected chi connectivity index (χ1v) is 10.8. The SMILES string of the molecule is Cc1ccc(-c2nnc(SC[C@H]3C[NH2+][C@@H](c4ccc(N(C)C)cc4)O3)o2)cc1C. The Kier molecular flexibility index (Phi) is 5.89. The second kappa shape index (κ2) is 8.57. The summed E-state index contributed by atoms with van der Waals surface area (Å²) in [6, 6.07) is 14.7. The van der Waals surface area contributed by atoms with Crippen molar-refractivity contribution in [3.63, 3.8) is 0 Å². The maximum atomic E-state index is 6.21. The van der Waals surface area contributed by atoms with Crippen LogP contribution in [0.25, 0.3) is 11.5 Å². The molecule has 1 aliphatic heterocycles. The number of benzene rings is 2. The summed E-state index contributed by atoms with van der Waals surface area (Å²) in [6.07, 6.45) is 0.195. The molecule has 1 aromatic heterocycles. The molecule has 0 bridgehead atoms. The minimum absolute atomic E-state index is 0.0468. The normalized spacial score (nSPS) is 18.9. The van der Waals surface area contributed by atoms with E-state index in [1.54, 1.807) is 11.8 Å². The van der Waals surface area contributed by atoms with Gasteiger partial charge >= 0.3 is 0 Å². The Bertz CT molecular complexity index is 971. The summed E-state index contributed by atoms with van der Waals surface area (Å²) < 4.78 is 12.1. The number of aryl methyl sites for hydroxylation is 2. The summed E-state index contributed by atoms with van der Waals surface area (Å²) in [4.78, 5) is 2.10. The van der Waals surface area contributed by atoms with Gasteiger partial charge in [-0.3, -0.25) is 0 Å². The first-order valence-electron chi connectivity index (χ1n) is 9.79. The van der Waals surface area contributed by atoms with E-state index in [0.29, 0.717) is 11.1 Å². The van der Waals surface area contributed by atoms with Crippen molar-refractivity contribution in [2.24, 2.45) is 0 Å². The van der Waals surface area contributed by atoms with E-state index in [4.69, 9.17) is 9.15 Å². The molecule has 0 unspecified atom stereocenters. The summed E-state index contributed by atoms with van der Waals surface area (Å²) in [7, 11) is 4.09. The second-order valence-corrected chi connectivity index (χ2v) is 8.59. The molecule has 0 spiro atoms. The van der Waals surface area contributed by atoms with E-state index in [2.05, 4.69) is 70.7 Å². The van der Waals surface area contributed by atoms with E-state index in [1.165, 1.54) is 22.4 Å². The summed E-state index contributed by atoms with van der Waals surface area (Å²) in [5, 5.41) is 11.2. The van der Waals surface area contributed by atoms with Crippen LogP contribution in [0.5, 0.6) is 0 Å². The third-order valence-corrected chi connectivity index (χ3v) is 6.19. The molecule has 3 aromatic rings. The van der Waals surface area contributed by atoms with Crippen LogP contribution in [0.1, 0.15) is 22.9 Å². The maximum Gasteiger partial charge on any atom is 0.276 e. The lowest BCUT2D eigenvalue weighted by Crippen LogP contribution is -2.82. The van der Waals surface area contributed by atoms with Crippen molar-refractivity contribution >= 4 is 17.4 Å². The molecule has 2 atom stereocenters. The zero-order valence-electron chi connectivity index (χ0n) is 17.3. The Morgan fingerprint density at radius 3 is 2.59 bits per heavy atom. The highest BCUT2D eigenvalue weighted by atomic mass is 32.2. The van der Waals surface area contributed by atoms with Crippen molar-refractivity contribution in [1.82, 2.24) is 10.2 Å². The van der Waals surface area contributed by atoms with Crippen LogP contribution < -0.4 is 10.2 Å². The quantitative estimate of drug-likeness (QED) is 0.629. The molecule has 0 saturated carbocycles. The Morgan fingerprint density at radius 1 is 1.07 bits per heavy atom. The first-order chi connectivity index (χ1) is 14.0. The molecule has 0 amide bonds. The zero-order valence-corrected chi connectivity index (χ0v) is 18.1. The number of aromatic nitrogens is 2. The topological polar surface area (TPSA) is 68.0 Å². The van der Waals surface area contributed by atoms with Gasteiger partial charge in [0.1, 0.15) is 12.6 Å². The minimum Gasteiger partial charge on any atom is -0.411 e. The van der Waals surface area contributed by atoms with Crippen LogP contribution >= 0.6 is 11.8 Å². The lowest BCUT2D eigenvalue weighted by Gasteiger charge is -2.14. The lowest BCUT2D eigenvalue weighted by molar-refractivity contribution is -0.697. The molecule has 0 aliphatic carbocycles. The number of anilines is 1. The number of nitrogens with two attached hydrogens (primary N) is 1. The number of hydrogen-bond acceptors (Lipinski definition) is 6. The molecule has 6 nitrogen and oxygen atoms in total. The van der Waals surface area contributed by atoms with Crippen LogP contribution in [-0.2, 0) is 4.74 Å². The van der Waals surface area contributed by atoms with Crippen molar-refractivity contribution in [2.75, 3.05) is 31.3 Å². The fraction of sp³-hybridized carbons (Fsp3) is 0.364. The summed E-state index contributed by atoms with van der Waals surface area (Å²) in [5.74, 6) is 1.35. The number of ether oxygens (including phenoxy) is 1. The predicted octanol–water partition coefficient (Wildman–Crippen LogP) is 3.17. The monoisotopic (exact) mass is 411 g/mol. The number of nitrogens with zero attached hydrogens (tertiary/aromatic N) is 3. The number of thioether (sulfide) groups is 1. The average Bonchev–Trinajstić information content (AvgIpc) is 3.38. The third-order valence-electron chi connectivity index (χ3n) is 5.24. The van der Waals surface area contributed by atoms with Gasteiger partial charge in [0, 0.05) is 36.7 Å². The van der Waals surface area contributed by atoms with E-state index in [0.717, 1.165) is 17.9 Å². The fourth-order valence-corrected chi connectivity index (χ4v) is 4.08. The van der Waals surface area contributed by atoms with E-state index in [-0.39, 0.29) is 12.3 Å². The smallest absolute Gasteiger partial charge is 0.276 e. The minimum atomic E-state index is 0.0468. The largest absolute Gasteiger partial charge is 0.411 e. The average molecular weight is 412 g/mol. The van der Waals surface area contributed by atoms with Crippen molar-refractivity contribution in [1.29, 1.82) is 0 Å². The van der Waals surface area contributed by atoms with Crippen LogP contribution in [0.2, 0.25) is 0 Å². The Hall–Kier alpha value is -2.35. The molecule has 4 rings (SSSR count). The summed E-state index contributed by atoms with van der Waals surface area (Å²) >= 11 is 1.55. The highest BCUT2D eigenvalue weighted by Gasteiger charge is 2.30. The molecule has 2 N–H and O–H groups in total. The first kappa shape index (κ1) is 19.9. The van der Waals surface area contributed by atoms with Gasteiger partial charge in [-0.2, -0.15) is 0 Å². The standard InChI is InChI=1S/C22H26N4O2S/c1-14-5-6-17(11-15(14)2)21-24-25-22(28-21)29-13-19-12-23-20(27-19)16-7-9-18(10-8-16)26(3)4/h5-11,19-20,23H,12-13H2,1-4H3/p+1/t19-,20-/m1/s1. The van der Waals surface area contributed by atoms with Gasteiger partial charge < -0.3 is 19.4 Å². The third kappa shape index (κ3) is 4.63. The zero-order chi connectivity index (χ0) is 20.4. The lowest BCUT2D eigenvalue weighted by atomic mass is 10.1. The Balaban J connectivity index is 1.32. The molecular weight excluding hydrogens is 384 g/mol. The summed E-state index contributed by atoms with van der Waals surface area (Å²) in [5.41, 5.74) is 5.81. The van der Waals surface area contributed by atoms with E-state index < -0.39 is 0 Å².